The van der Waals surface area contributed by atoms with E-state index in [0.29, 0.717) is 5.92 Å². The zero-order valence-electron chi connectivity index (χ0n) is 20.6. The first-order valence-electron chi connectivity index (χ1n) is 11.5. The van der Waals surface area contributed by atoms with E-state index in [4.69, 9.17) is 16.9 Å². The maximum Gasteiger partial charge on any atom is 0.0991 e. The summed E-state index contributed by atoms with van der Waals surface area (Å²) in [7, 11) is 0. The molecule has 0 unspecified atom stereocenters. The molecule has 1 fully saturated rings. The summed E-state index contributed by atoms with van der Waals surface area (Å²) in [5.74, 6) is 0.698. The van der Waals surface area contributed by atoms with Crippen molar-refractivity contribution in [3.63, 3.8) is 0 Å². The van der Waals surface area contributed by atoms with Crippen molar-refractivity contribution in [3.05, 3.63) is 70.0 Å². The molecule has 3 heteroatoms. The molecule has 0 amide bonds. The van der Waals surface area contributed by atoms with Crippen molar-refractivity contribution in [2.45, 2.75) is 87.0 Å². The molecular weight excluding hydrogens is 400 g/mol. The molecule has 0 saturated heterocycles. The smallest absolute Gasteiger partial charge is 0.0991 e. The standard InChI is InChI=1S/C15H22ClN.C13H19N/c1-5-7-10-17-12(4)15(11(3)16)14(6-2)13-8-9-13;1-4-6-7-9-13(11-14)10-12(3)8-5-2/h6-7,10,13H,5,8-9H2,1-4H3;6-7,9-10H,4-5,8H2,1-3H3/b10-7+,14-6-,15-11-,17-12+;7-6+,12-10+,13-9+. The minimum Gasteiger partial charge on any atom is -0.261 e. The molecule has 0 N–H and O–H groups in total. The second-order valence-electron chi connectivity index (χ2n) is 7.75. The van der Waals surface area contributed by atoms with Gasteiger partial charge in [-0.2, -0.15) is 5.26 Å². The number of halogens is 1. The molecule has 1 rings (SSSR count). The van der Waals surface area contributed by atoms with Crippen LogP contribution in [0.3, 0.4) is 0 Å². The molecule has 0 spiro atoms. The quantitative estimate of drug-likeness (QED) is 0.189. The molecule has 0 aromatic carbocycles. The Balaban J connectivity index is 0.000000594. The van der Waals surface area contributed by atoms with E-state index in [2.05, 4.69) is 57.8 Å². The summed E-state index contributed by atoms with van der Waals surface area (Å²) in [4.78, 5) is 4.47. The van der Waals surface area contributed by atoms with Gasteiger partial charge in [0.2, 0.25) is 0 Å². The highest BCUT2D eigenvalue weighted by Crippen LogP contribution is 2.41. The van der Waals surface area contributed by atoms with Gasteiger partial charge < -0.3 is 0 Å². The first-order chi connectivity index (χ1) is 14.9. The van der Waals surface area contributed by atoms with Gasteiger partial charge in [0.25, 0.3) is 0 Å². The first-order valence-corrected chi connectivity index (χ1v) is 11.9. The van der Waals surface area contributed by atoms with Crippen molar-refractivity contribution in [3.8, 4) is 6.07 Å². The number of hydrogen-bond donors (Lipinski definition) is 0. The summed E-state index contributed by atoms with van der Waals surface area (Å²) in [5.41, 5.74) is 5.52. The van der Waals surface area contributed by atoms with Crippen LogP contribution in [0.2, 0.25) is 0 Å². The van der Waals surface area contributed by atoms with Gasteiger partial charge in [0.15, 0.2) is 0 Å². The van der Waals surface area contributed by atoms with Crippen molar-refractivity contribution in [2.24, 2.45) is 10.9 Å². The highest BCUT2D eigenvalue weighted by atomic mass is 35.5. The second kappa shape index (κ2) is 17.6. The molecule has 0 aromatic heterocycles. The average molecular weight is 441 g/mol. The molecular formula is C28H41ClN2. The van der Waals surface area contributed by atoms with Crippen LogP contribution in [0.4, 0.5) is 0 Å². The van der Waals surface area contributed by atoms with Crippen LogP contribution in [-0.2, 0) is 0 Å². The molecule has 170 valence electrons. The Bertz CT molecular complexity index is 787. The number of aliphatic imine (C=N–C) groups is 1. The Morgan fingerprint density at radius 1 is 1.10 bits per heavy atom. The topological polar surface area (TPSA) is 36.1 Å². The van der Waals surface area contributed by atoms with E-state index in [1.165, 1.54) is 24.0 Å². The number of hydrogen-bond acceptors (Lipinski definition) is 2. The Labute approximate surface area is 196 Å². The third-order valence-electron chi connectivity index (χ3n) is 4.76. The van der Waals surface area contributed by atoms with Gasteiger partial charge in [0.1, 0.15) is 0 Å². The van der Waals surface area contributed by atoms with Gasteiger partial charge in [-0.1, -0.05) is 68.7 Å². The van der Waals surface area contributed by atoms with Crippen LogP contribution in [0.25, 0.3) is 0 Å². The van der Waals surface area contributed by atoms with Crippen LogP contribution in [0, 0.1) is 17.2 Å². The van der Waals surface area contributed by atoms with Crippen molar-refractivity contribution >= 4 is 17.3 Å². The summed E-state index contributed by atoms with van der Waals surface area (Å²) >= 11 is 6.23. The van der Waals surface area contributed by atoms with Crippen molar-refractivity contribution < 1.29 is 0 Å². The highest BCUT2D eigenvalue weighted by molar-refractivity contribution is 6.32. The van der Waals surface area contributed by atoms with E-state index < -0.39 is 0 Å². The molecule has 0 atom stereocenters. The largest absolute Gasteiger partial charge is 0.261 e. The average Bonchev–Trinajstić information content (AvgIpc) is 3.56. The van der Waals surface area contributed by atoms with E-state index in [1.54, 1.807) is 0 Å². The van der Waals surface area contributed by atoms with E-state index in [1.807, 2.05) is 44.4 Å². The highest BCUT2D eigenvalue weighted by Gasteiger charge is 2.29. The summed E-state index contributed by atoms with van der Waals surface area (Å²) in [6.45, 7) is 14.5. The van der Waals surface area contributed by atoms with Crippen LogP contribution >= 0.6 is 11.6 Å². The molecule has 0 radical (unpaired) electrons. The Hall–Kier alpha value is -2.11. The lowest BCUT2D eigenvalue weighted by Gasteiger charge is -2.12. The van der Waals surface area contributed by atoms with Crippen molar-refractivity contribution in [2.75, 3.05) is 0 Å². The van der Waals surface area contributed by atoms with Gasteiger partial charge in [-0.25, -0.2) is 0 Å². The molecule has 1 aliphatic carbocycles. The van der Waals surface area contributed by atoms with Crippen LogP contribution in [0.1, 0.15) is 87.0 Å². The van der Waals surface area contributed by atoms with Gasteiger partial charge in [0, 0.05) is 22.5 Å². The minimum absolute atomic E-state index is 0.698. The van der Waals surface area contributed by atoms with E-state index in [-0.39, 0.29) is 0 Å². The Morgan fingerprint density at radius 3 is 2.19 bits per heavy atom. The zero-order chi connectivity index (χ0) is 23.6. The monoisotopic (exact) mass is 440 g/mol. The molecule has 2 nitrogen and oxygen atoms in total. The molecule has 0 heterocycles. The number of nitriles is 1. The van der Waals surface area contributed by atoms with Gasteiger partial charge in [0.05, 0.1) is 11.6 Å². The number of allylic oxidation sites excluding steroid dienone is 11. The fraction of sp³-hybridized carbons (Fsp3) is 0.500. The molecule has 31 heavy (non-hydrogen) atoms. The lowest BCUT2D eigenvalue weighted by molar-refractivity contribution is 0.905. The van der Waals surface area contributed by atoms with Crippen molar-refractivity contribution in [1.29, 1.82) is 5.26 Å². The molecule has 1 saturated carbocycles. The summed E-state index contributed by atoms with van der Waals surface area (Å²) in [6.07, 6.45) is 20.7. The second-order valence-corrected chi connectivity index (χ2v) is 8.31. The molecule has 0 bridgehead atoms. The third-order valence-corrected chi connectivity index (χ3v) is 4.94. The van der Waals surface area contributed by atoms with Gasteiger partial charge in [-0.3, -0.25) is 4.99 Å². The summed E-state index contributed by atoms with van der Waals surface area (Å²) < 4.78 is 0. The van der Waals surface area contributed by atoms with E-state index >= 15 is 0 Å². The fourth-order valence-corrected chi connectivity index (χ4v) is 3.37. The van der Waals surface area contributed by atoms with Gasteiger partial charge >= 0.3 is 0 Å². The molecule has 0 aromatic rings. The Morgan fingerprint density at radius 2 is 1.74 bits per heavy atom. The van der Waals surface area contributed by atoms with E-state index in [0.717, 1.165) is 47.6 Å². The molecule has 0 aliphatic heterocycles. The lowest BCUT2D eigenvalue weighted by Crippen LogP contribution is -2.04. The summed E-state index contributed by atoms with van der Waals surface area (Å²) in [5, 5.41) is 9.69. The number of rotatable bonds is 10. The van der Waals surface area contributed by atoms with Crippen LogP contribution < -0.4 is 0 Å². The van der Waals surface area contributed by atoms with Gasteiger partial charge in [-0.15, -0.1) is 0 Å². The van der Waals surface area contributed by atoms with Crippen LogP contribution in [0.15, 0.2) is 75.0 Å². The maximum atomic E-state index is 8.85. The minimum atomic E-state index is 0.698. The van der Waals surface area contributed by atoms with Crippen molar-refractivity contribution in [1.82, 2.24) is 0 Å². The predicted octanol–water partition coefficient (Wildman–Crippen LogP) is 9.39. The normalized spacial score (nSPS) is 16.9. The third kappa shape index (κ3) is 13.0. The fourth-order valence-electron chi connectivity index (χ4n) is 3.13. The SMILES string of the molecule is CC/C=C/C=C(C#N)\C=C(/C)CCC.C\C=C(C(/C(C)=N/C=C/CC)=C(/C)Cl)\C1CC1. The van der Waals surface area contributed by atoms with E-state index in [9.17, 15) is 0 Å². The van der Waals surface area contributed by atoms with Crippen LogP contribution in [-0.4, -0.2) is 5.71 Å². The Kier molecular flexibility index (Phi) is 16.4. The summed E-state index contributed by atoms with van der Waals surface area (Å²) in [6, 6.07) is 2.18. The predicted molar refractivity (Wildman–Crippen MR) is 139 cm³/mol. The van der Waals surface area contributed by atoms with Crippen LogP contribution in [0.5, 0.6) is 0 Å². The van der Waals surface area contributed by atoms with Gasteiger partial charge in [-0.05, 0) is 83.4 Å². The molecule has 1 aliphatic rings. The number of nitrogens with zero attached hydrogens (tertiary/aromatic N) is 2. The lowest BCUT2D eigenvalue weighted by atomic mass is 9.97. The zero-order valence-corrected chi connectivity index (χ0v) is 21.4. The first kappa shape index (κ1) is 28.9. The maximum absolute atomic E-state index is 8.85.